The second-order valence-corrected chi connectivity index (χ2v) is 5.32. The smallest absolute Gasteiger partial charge is 0.153 e. The van der Waals surface area contributed by atoms with E-state index in [0.29, 0.717) is 15.8 Å². The molecular formula is C15H12Cl2N2O. The van der Waals surface area contributed by atoms with Gasteiger partial charge in [0, 0.05) is 5.02 Å². The van der Waals surface area contributed by atoms with Gasteiger partial charge >= 0.3 is 0 Å². The summed E-state index contributed by atoms with van der Waals surface area (Å²) < 4.78 is 5.83. The number of imidazole rings is 1. The Balaban J connectivity index is 1.89. The van der Waals surface area contributed by atoms with Gasteiger partial charge in [0.15, 0.2) is 6.10 Å². The van der Waals surface area contributed by atoms with Gasteiger partial charge in [-0.25, -0.2) is 4.98 Å². The SMILES string of the molecule is CC(Oc1ccccc1Cl)c1nc2ccc(Cl)cc2[nH]1. The van der Waals surface area contributed by atoms with E-state index in [4.69, 9.17) is 27.9 Å². The fraction of sp³-hybridized carbons (Fsp3) is 0.133. The first kappa shape index (κ1) is 13.3. The van der Waals surface area contributed by atoms with Crippen LogP contribution in [0.2, 0.25) is 10.0 Å². The van der Waals surface area contributed by atoms with E-state index in [1.54, 1.807) is 6.07 Å². The minimum atomic E-state index is -0.235. The van der Waals surface area contributed by atoms with Crippen LogP contribution >= 0.6 is 23.2 Å². The largest absolute Gasteiger partial charge is 0.481 e. The lowest BCUT2D eigenvalue weighted by Crippen LogP contribution is -2.05. The fourth-order valence-electron chi connectivity index (χ4n) is 1.98. The van der Waals surface area contributed by atoms with Gasteiger partial charge in [0.1, 0.15) is 11.6 Å². The van der Waals surface area contributed by atoms with Gasteiger partial charge in [-0.05, 0) is 37.3 Å². The Morgan fingerprint density at radius 1 is 1.15 bits per heavy atom. The zero-order valence-corrected chi connectivity index (χ0v) is 12.2. The molecule has 0 fully saturated rings. The molecule has 0 spiro atoms. The van der Waals surface area contributed by atoms with E-state index in [1.807, 2.05) is 43.3 Å². The van der Waals surface area contributed by atoms with Crippen molar-refractivity contribution in [2.24, 2.45) is 0 Å². The van der Waals surface area contributed by atoms with Crippen molar-refractivity contribution in [2.75, 3.05) is 0 Å². The van der Waals surface area contributed by atoms with Crippen molar-refractivity contribution in [3.63, 3.8) is 0 Å². The molecule has 0 amide bonds. The molecule has 20 heavy (non-hydrogen) atoms. The van der Waals surface area contributed by atoms with E-state index >= 15 is 0 Å². The summed E-state index contributed by atoms with van der Waals surface area (Å²) in [5.74, 6) is 1.38. The highest BCUT2D eigenvalue weighted by atomic mass is 35.5. The molecular weight excluding hydrogens is 295 g/mol. The van der Waals surface area contributed by atoms with Gasteiger partial charge in [-0.3, -0.25) is 0 Å². The summed E-state index contributed by atoms with van der Waals surface area (Å²) >= 11 is 12.0. The molecule has 3 aromatic rings. The molecule has 3 rings (SSSR count). The van der Waals surface area contributed by atoms with Gasteiger partial charge in [-0.1, -0.05) is 35.3 Å². The Hall–Kier alpha value is -1.71. The lowest BCUT2D eigenvalue weighted by molar-refractivity contribution is 0.218. The van der Waals surface area contributed by atoms with Gasteiger partial charge in [0.05, 0.1) is 16.1 Å². The van der Waals surface area contributed by atoms with Crippen LogP contribution in [0, 0.1) is 0 Å². The lowest BCUT2D eigenvalue weighted by Gasteiger charge is -2.13. The van der Waals surface area contributed by atoms with Crippen LogP contribution in [0.5, 0.6) is 5.75 Å². The Morgan fingerprint density at radius 3 is 2.75 bits per heavy atom. The molecule has 2 aromatic carbocycles. The van der Waals surface area contributed by atoms with Crippen LogP contribution < -0.4 is 4.74 Å². The molecule has 5 heteroatoms. The third-order valence-electron chi connectivity index (χ3n) is 2.99. The number of nitrogens with one attached hydrogen (secondary N) is 1. The number of fused-ring (bicyclic) bond motifs is 1. The van der Waals surface area contributed by atoms with Gasteiger partial charge < -0.3 is 9.72 Å². The summed E-state index contributed by atoms with van der Waals surface area (Å²) in [4.78, 5) is 7.71. The Bertz CT molecular complexity index is 754. The number of rotatable bonds is 3. The van der Waals surface area contributed by atoms with Crippen molar-refractivity contribution >= 4 is 34.2 Å². The molecule has 3 nitrogen and oxygen atoms in total. The number of benzene rings is 2. The quantitative estimate of drug-likeness (QED) is 0.738. The van der Waals surface area contributed by atoms with Crippen molar-refractivity contribution in [1.29, 1.82) is 0 Å². The number of hydrogen-bond acceptors (Lipinski definition) is 2. The highest BCUT2D eigenvalue weighted by molar-refractivity contribution is 6.32. The molecule has 0 aliphatic carbocycles. The minimum Gasteiger partial charge on any atom is -0.481 e. The van der Waals surface area contributed by atoms with E-state index in [1.165, 1.54) is 0 Å². The van der Waals surface area contributed by atoms with Gasteiger partial charge in [0.25, 0.3) is 0 Å². The summed E-state index contributed by atoms with van der Waals surface area (Å²) in [5.41, 5.74) is 1.75. The molecule has 0 saturated carbocycles. The first-order chi connectivity index (χ1) is 9.63. The number of para-hydroxylation sites is 1. The Kier molecular flexibility index (Phi) is 3.55. The van der Waals surface area contributed by atoms with Gasteiger partial charge in [0.2, 0.25) is 0 Å². The second-order valence-electron chi connectivity index (χ2n) is 4.47. The summed E-state index contributed by atoms with van der Waals surface area (Å²) in [6.45, 7) is 1.92. The van der Waals surface area contributed by atoms with Crippen LogP contribution in [0.3, 0.4) is 0 Å². The highest BCUT2D eigenvalue weighted by Gasteiger charge is 2.14. The Labute approximate surface area is 126 Å². The lowest BCUT2D eigenvalue weighted by atomic mass is 10.3. The van der Waals surface area contributed by atoms with E-state index in [2.05, 4.69) is 9.97 Å². The number of aromatic amines is 1. The molecule has 1 atom stereocenters. The van der Waals surface area contributed by atoms with Gasteiger partial charge in [-0.15, -0.1) is 0 Å². The summed E-state index contributed by atoms with van der Waals surface area (Å²) in [7, 11) is 0. The van der Waals surface area contributed by atoms with Crippen LogP contribution in [0.15, 0.2) is 42.5 Å². The number of aromatic nitrogens is 2. The first-order valence-corrected chi connectivity index (χ1v) is 6.95. The summed E-state index contributed by atoms with van der Waals surface area (Å²) in [5, 5.41) is 1.26. The van der Waals surface area contributed by atoms with Gasteiger partial charge in [-0.2, -0.15) is 0 Å². The predicted molar refractivity (Wildman–Crippen MR) is 81.6 cm³/mol. The molecule has 0 radical (unpaired) electrons. The maximum absolute atomic E-state index is 6.08. The Morgan fingerprint density at radius 2 is 1.95 bits per heavy atom. The van der Waals surface area contributed by atoms with E-state index in [9.17, 15) is 0 Å². The maximum atomic E-state index is 6.08. The minimum absolute atomic E-state index is 0.235. The molecule has 1 unspecified atom stereocenters. The third-order valence-corrected chi connectivity index (χ3v) is 3.54. The molecule has 1 aromatic heterocycles. The van der Waals surface area contributed by atoms with Crippen LogP contribution in [0.25, 0.3) is 11.0 Å². The fourth-order valence-corrected chi connectivity index (χ4v) is 2.33. The standard InChI is InChI=1S/C15H12Cl2N2O/c1-9(20-14-5-3-2-4-11(14)17)15-18-12-7-6-10(16)8-13(12)19-15/h2-9H,1H3,(H,18,19). The molecule has 0 aliphatic heterocycles. The second kappa shape index (κ2) is 5.35. The molecule has 1 heterocycles. The number of nitrogens with zero attached hydrogens (tertiary/aromatic N) is 1. The predicted octanol–water partition coefficient (Wildman–Crippen LogP) is 5.01. The van der Waals surface area contributed by atoms with E-state index < -0.39 is 0 Å². The van der Waals surface area contributed by atoms with Crippen molar-refractivity contribution < 1.29 is 4.74 Å². The zero-order valence-electron chi connectivity index (χ0n) is 10.7. The van der Waals surface area contributed by atoms with E-state index in [0.717, 1.165) is 16.9 Å². The topological polar surface area (TPSA) is 37.9 Å². The number of H-pyrrole nitrogens is 1. The van der Waals surface area contributed by atoms with Crippen LogP contribution in [0.1, 0.15) is 18.9 Å². The number of halogens is 2. The monoisotopic (exact) mass is 306 g/mol. The summed E-state index contributed by atoms with van der Waals surface area (Å²) in [6, 6.07) is 12.9. The molecule has 0 saturated heterocycles. The molecule has 0 bridgehead atoms. The number of ether oxygens (including phenoxy) is 1. The molecule has 1 N–H and O–H groups in total. The first-order valence-electron chi connectivity index (χ1n) is 6.20. The van der Waals surface area contributed by atoms with Crippen molar-refractivity contribution in [1.82, 2.24) is 9.97 Å². The van der Waals surface area contributed by atoms with E-state index in [-0.39, 0.29) is 6.10 Å². The average molecular weight is 307 g/mol. The normalized spacial score (nSPS) is 12.6. The van der Waals surface area contributed by atoms with Crippen molar-refractivity contribution in [3.05, 3.63) is 58.3 Å². The van der Waals surface area contributed by atoms with Crippen LogP contribution in [0.4, 0.5) is 0 Å². The average Bonchev–Trinajstić information content (AvgIpc) is 2.84. The number of hydrogen-bond donors (Lipinski definition) is 1. The third kappa shape index (κ3) is 2.60. The zero-order chi connectivity index (χ0) is 14.1. The van der Waals surface area contributed by atoms with Crippen molar-refractivity contribution in [3.8, 4) is 5.75 Å². The van der Waals surface area contributed by atoms with Crippen LogP contribution in [-0.2, 0) is 0 Å². The maximum Gasteiger partial charge on any atom is 0.153 e. The molecule has 0 aliphatic rings. The van der Waals surface area contributed by atoms with Crippen LogP contribution in [-0.4, -0.2) is 9.97 Å². The highest BCUT2D eigenvalue weighted by Crippen LogP contribution is 2.28. The summed E-state index contributed by atoms with van der Waals surface area (Å²) in [6.07, 6.45) is -0.235. The van der Waals surface area contributed by atoms with Crippen molar-refractivity contribution in [2.45, 2.75) is 13.0 Å². The molecule has 102 valence electrons.